The second-order valence-corrected chi connectivity index (χ2v) is 10.9. The van der Waals surface area contributed by atoms with Gasteiger partial charge in [-0.3, -0.25) is 14.5 Å². The zero-order chi connectivity index (χ0) is 24.5. The summed E-state index contributed by atoms with van der Waals surface area (Å²) in [4.78, 5) is 31.5. The number of fused-ring (bicyclic) bond motifs is 1. The Morgan fingerprint density at radius 1 is 0.778 bits per heavy atom. The fourth-order valence-corrected chi connectivity index (χ4v) is 6.17. The van der Waals surface area contributed by atoms with Gasteiger partial charge in [0.1, 0.15) is 11.9 Å². The summed E-state index contributed by atoms with van der Waals surface area (Å²) in [5.74, 6) is 1.21. The highest BCUT2D eigenvalue weighted by atomic mass is 16.5. The summed E-state index contributed by atoms with van der Waals surface area (Å²) < 4.78 is 6.40. The van der Waals surface area contributed by atoms with Crippen molar-refractivity contribution < 1.29 is 14.3 Å². The molecule has 2 amide bonds. The number of carbonyl (C=O) groups excluding carboxylic acids is 2. The van der Waals surface area contributed by atoms with E-state index < -0.39 is 0 Å². The first-order valence-corrected chi connectivity index (χ1v) is 13.9. The maximum Gasteiger partial charge on any atom is 0.253 e. The number of benzene rings is 2. The molecule has 0 unspecified atom stereocenters. The van der Waals surface area contributed by atoms with Gasteiger partial charge in [0.05, 0.1) is 0 Å². The number of piperidine rings is 1. The highest BCUT2D eigenvalue weighted by molar-refractivity contribution is 5.97. The molecule has 0 bridgehead atoms. The van der Waals surface area contributed by atoms with Gasteiger partial charge in [-0.2, -0.15) is 0 Å². The second kappa shape index (κ2) is 10.3. The van der Waals surface area contributed by atoms with Gasteiger partial charge in [-0.1, -0.05) is 12.5 Å². The van der Waals surface area contributed by atoms with Crippen LogP contribution in [0, 0.1) is 0 Å². The summed E-state index contributed by atoms with van der Waals surface area (Å²) in [6.07, 6.45) is 9.74. The highest BCUT2D eigenvalue weighted by Crippen LogP contribution is 2.30. The Morgan fingerprint density at radius 2 is 1.53 bits per heavy atom. The number of amides is 2. The van der Waals surface area contributed by atoms with Crippen LogP contribution < -0.4 is 9.64 Å². The molecule has 36 heavy (non-hydrogen) atoms. The van der Waals surface area contributed by atoms with E-state index in [1.54, 1.807) is 0 Å². The lowest BCUT2D eigenvalue weighted by Crippen LogP contribution is -2.41. The third-order valence-corrected chi connectivity index (χ3v) is 8.64. The summed E-state index contributed by atoms with van der Waals surface area (Å²) in [5.41, 5.74) is 4.50. The summed E-state index contributed by atoms with van der Waals surface area (Å²) in [5, 5.41) is 0. The highest BCUT2D eigenvalue weighted by Gasteiger charge is 2.28. The number of nitrogens with zero attached hydrogens (tertiary/aromatic N) is 3. The van der Waals surface area contributed by atoms with E-state index in [0.717, 1.165) is 62.7 Å². The average molecular weight is 488 g/mol. The van der Waals surface area contributed by atoms with Gasteiger partial charge in [-0.25, -0.2) is 0 Å². The van der Waals surface area contributed by atoms with E-state index in [1.165, 1.54) is 36.9 Å². The van der Waals surface area contributed by atoms with Crippen LogP contribution in [0.3, 0.4) is 0 Å². The van der Waals surface area contributed by atoms with Crippen LogP contribution in [-0.2, 0) is 17.6 Å². The molecule has 0 N–H and O–H groups in total. The molecule has 2 aromatic carbocycles. The quantitative estimate of drug-likeness (QED) is 0.625. The number of rotatable bonds is 5. The summed E-state index contributed by atoms with van der Waals surface area (Å²) in [6, 6.07) is 15.0. The number of carbonyl (C=O) groups is 2. The zero-order valence-corrected chi connectivity index (χ0v) is 21.2. The molecule has 1 aliphatic carbocycles. The van der Waals surface area contributed by atoms with Crippen LogP contribution in [-0.4, -0.2) is 66.5 Å². The van der Waals surface area contributed by atoms with Crippen molar-refractivity contribution in [2.24, 2.45) is 0 Å². The molecule has 2 saturated heterocycles. The van der Waals surface area contributed by atoms with Gasteiger partial charge in [-0.05, 0) is 79.6 Å². The molecule has 0 aromatic heterocycles. The normalized spacial score (nSPS) is 21.7. The second-order valence-electron chi connectivity index (χ2n) is 10.9. The minimum absolute atomic E-state index is 0.0637. The Labute approximate surface area is 214 Å². The molecule has 0 spiro atoms. The molecule has 3 aliphatic heterocycles. The van der Waals surface area contributed by atoms with Crippen molar-refractivity contribution in [3.8, 4) is 5.75 Å². The van der Waals surface area contributed by atoms with Crippen LogP contribution in [0.5, 0.6) is 5.75 Å². The summed E-state index contributed by atoms with van der Waals surface area (Å²) >= 11 is 0. The van der Waals surface area contributed by atoms with Crippen LogP contribution >= 0.6 is 0 Å². The van der Waals surface area contributed by atoms with Crippen molar-refractivity contribution >= 4 is 17.5 Å². The maximum atomic E-state index is 13.1. The lowest BCUT2D eigenvalue weighted by Gasteiger charge is -2.36. The lowest BCUT2D eigenvalue weighted by atomic mass is 9.91. The predicted octanol–water partition coefficient (Wildman–Crippen LogP) is 4.45. The molecule has 0 atom stereocenters. The Balaban J connectivity index is 1.01. The van der Waals surface area contributed by atoms with E-state index in [0.29, 0.717) is 25.1 Å². The van der Waals surface area contributed by atoms with Crippen molar-refractivity contribution in [1.82, 2.24) is 9.80 Å². The molecule has 0 radical (unpaired) electrons. The molecule has 4 aliphatic rings. The van der Waals surface area contributed by atoms with Crippen molar-refractivity contribution in [1.29, 1.82) is 0 Å². The van der Waals surface area contributed by atoms with Crippen LogP contribution in [0.1, 0.15) is 66.4 Å². The predicted molar refractivity (Wildman–Crippen MR) is 141 cm³/mol. The van der Waals surface area contributed by atoms with Crippen LogP contribution in [0.2, 0.25) is 0 Å². The number of likely N-dealkylation sites (tertiary alicyclic amines) is 1. The van der Waals surface area contributed by atoms with Gasteiger partial charge in [0, 0.05) is 69.3 Å². The minimum atomic E-state index is 0.0637. The molecular formula is C30H37N3O3. The first kappa shape index (κ1) is 23.5. The number of hydrogen-bond acceptors (Lipinski definition) is 4. The lowest BCUT2D eigenvalue weighted by molar-refractivity contribution is -0.117. The Kier molecular flexibility index (Phi) is 6.70. The zero-order valence-electron chi connectivity index (χ0n) is 21.2. The third-order valence-electron chi connectivity index (χ3n) is 8.64. The summed E-state index contributed by atoms with van der Waals surface area (Å²) in [6.45, 7) is 4.53. The van der Waals surface area contributed by atoms with Gasteiger partial charge in [-0.15, -0.1) is 0 Å². The van der Waals surface area contributed by atoms with Crippen molar-refractivity contribution in [2.75, 3.05) is 37.6 Å². The van der Waals surface area contributed by atoms with Crippen LogP contribution in [0.4, 0.5) is 5.69 Å². The number of ether oxygens (including phenoxy) is 1. The van der Waals surface area contributed by atoms with Gasteiger partial charge in [0.25, 0.3) is 5.91 Å². The standard InChI is InChI=1S/C30H37N3O3/c34-29-5-2-16-33(29)26-9-6-23(7-10-26)30(35)32-19-14-27(15-20-32)36-28-11-8-22-12-17-31(25-3-1-4-25)18-13-24(22)21-28/h6-11,21,25,27H,1-5,12-20H2. The van der Waals surface area contributed by atoms with Gasteiger partial charge >= 0.3 is 0 Å². The molecule has 6 nitrogen and oxygen atoms in total. The van der Waals surface area contributed by atoms with E-state index in [2.05, 4.69) is 23.1 Å². The van der Waals surface area contributed by atoms with Crippen molar-refractivity contribution in [3.05, 3.63) is 59.2 Å². The molecule has 2 aromatic rings. The smallest absolute Gasteiger partial charge is 0.253 e. The molecule has 6 heteroatoms. The first-order valence-electron chi connectivity index (χ1n) is 13.9. The molecule has 190 valence electrons. The van der Waals surface area contributed by atoms with Crippen molar-refractivity contribution in [3.63, 3.8) is 0 Å². The molecular weight excluding hydrogens is 450 g/mol. The largest absolute Gasteiger partial charge is 0.490 e. The monoisotopic (exact) mass is 487 g/mol. The van der Waals surface area contributed by atoms with E-state index in [9.17, 15) is 9.59 Å². The molecule has 3 fully saturated rings. The van der Waals surface area contributed by atoms with Gasteiger partial charge in [0.15, 0.2) is 0 Å². The Hall–Kier alpha value is -2.86. The van der Waals surface area contributed by atoms with Crippen LogP contribution in [0.15, 0.2) is 42.5 Å². The molecule has 3 heterocycles. The van der Waals surface area contributed by atoms with E-state index >= 15 is 0 Å². The Morgan fingerprint density at radius 3 is 2.19 bits per heavy atom. The SMILES string of the molecule is O=C(c1ccc(N2CCCC2=O)cc1)N1CCC(Oc2ccc3c(c2)CCN(C2CCC2)CC3)CC1. The van der Waals surface area contributed by atoms with Gasteiger partial charge < -0.3 is 14.5 Å². The van der Waals surface area contributed by atoms with Gasteiger partial charge in [0.2, 0.25) is 5.91 Å². The summed E-state index contributed by atoms with van der Waals surface area (Å²) in [7, 11) is 0. The number of hydrogen-bond donors (Lipinski definition) is 0. The van der Waals surface area contributed by atoms with Crippen LogP contribution in [0.25, 0.3) is 0 Å². The average Bonchev–Trinajstić information content (AvgIpc) is 3.20. The minimum Gasteiger partial charge on any atom is -0.490 e. The van der Waals surface area contributed by atoms with E-state index in [1.807, 2.05) is 34.1 Å². The third kappa shape index (κ3) is 4.88. The molecule has 1 saturated carbocycles. The van der Waals surface area contributed by atoms with E-state index in [-0.39, 0.29) is 17.9 Å². The van der Waals surface area contributed by atoms with Crippen molar-refractivity contribution in [2.45, 2.75) is 69.9 Å². The molecule has 6 rings (SSSR count). The fraction of sp³-hybridized carbons (Fsp3) is 0.533. The first-order chi connectivity index (χ1) is 17.6. The van der Waals surface area contributed by atoms with E-state index in [4.69, 9.17) is 4.74 Å². The topological polar surface area (TPSA) is 53.1 Å². The maximum absolute atomic E-state index is 13.1. The number of anilines is 1. The Bertz CT molecular complexity index is 1100. The fourth-order valence-electron chi connectivity index (χ4n) is 6.17.